The Kier molecular flexibility index (Phi) is 5.21. The first kappa shape index (κ1) is 21.1. The molecule has 0 aromatic carbocycles. The van der Waals surface area contributed by atoms with Crippen molar-refractivity contribution in [3.63, 3.8) is 0 Å². The van der Waals surface area contributed by atoms with Gasteiger partial charge < -0.3 is 14.6 Å². The number of ketones is 1. The molecule has 0 aromatic heterocycles. The van der Waals surface area contributed by atoms with Gasteiger partial charge in [0.1, 0.15) is 12.1 Å². The molecule has 0 radical (unpaired) electrons. The lowest BCUT2D eigenvalue weighted by Gasteiger charge is -2.61. The van der Waals surface area contributed by atoms with Crippen LogP contribution in [0, 0.1) is 52.3 Å². The van der Waals surface area contributed by atoms with Crippen LogP contribution < -0.4 is 0 Å². The summed E-state index contributed by atoms with van der Waals surface area (Å²) >= 11 is 0. The van der Waals surface area contributed by atoms with Gasteiger partial charge in [-0.3, -0.25) is 4.79 Å². The summed E-state index contributed by atoms with van der Waals surface area (Å²) in [5, 5.41) is 10.8. The first-order chi connectivity index (χ1) is 14.3. The van der Waals surface area contributed by atoms with Crippen molar-refractivity contribution < 1.29 is 19.4 Å². The third kappa shape index (κ3) is 2.99. The van der Waals surface area contributed by atoms with Crippen LogP contribution in [0.2, 0.25) is 0 Å². The number of aldehydes is 1. The van der Waals surface area contributed by atoms with Crippen LogP contribution in [-0.4, -0.2) is 36.0 Å². The van der Waals surface area contributed by atoms with Gasteiger partial charge in [-0.25, -0.2) is 0 Å². The molecule has 5 fully saturated rings. The van der Waals surface area contributed by atoms with E-state index in [4.69, 9.17) is 4.74 Å². The maximum absolute atomic E-state index is 13.3. The zero-order chi connectivity index (χ0) is 21.3. The fourth-order valence-corrected chi connectivity index (χ4v) is 9.39. The Morgan fingerprint density at radius 1 is 1.10 bits per heavy atom. The topological polar surface area (TPSA) is 63.6 Å². The summed E-state index contributed by atoms with van der Waals surface area (Å²) in [6, 6.07) is 0. The van der Waals surface area contributed by atoms with Gasteiger partial charge in [-0.2, -0.15) is 0 Å². The summed E-state index contributed by atoms with van der Waals surface area (Å²) < 4.78 is 5.89. The maximum atomic E-state index is 13.3. The summed E-state index contributed by atoms with van der Waals surface area (Å²) in [7, 11) is 0. The van der Waals surface area contributed by atoms with Gasteiger partial charge >= 0.3 is 0 Å². The third-order valence-electron chi connectivity index (χ3n) is 10.9. The Hall–Kier alpha value is -0.740. The molecule has 0 aromatic rings. The summed E-state index contributed by atoms with van der Waals surface area (Å²) in [5.74, 6) is 2.71. The molecule has 4 saturated carbocycles. The Morgan fingerprint density at radius 3 is 2.60 bits per heavy atom. The van der Waals surface area contributed by atoms with E-state index < -0.39 is 6.10 Å². The third-order valence-corrected chi connectivity index (χ3v) is 10.9. The van der Waals surface area contributed by atoms with E-state index in [0.717, 1.165) is 19.3 Å². The van der Waals surface area contributed by atoms with Gasteiger partial charge in [-0.1, -0.05) is 13.8 Å². The molecule has 1 heterocycles. The molecule has 168 valence electrons. The number of hydrogen-bond donors (Lipinski definition) is 1. The van der Waals surface area contributed by atoms with Crippen molar-refractivity contribution in [1.29, 1.82) is 0 Å². The number of carbonyl (C=O) groups is 2. The molecule has 1 saturated heterocycles. The zero-order valence-corrected chi connectivity index (χ0v) is 19.0. The second-order valence-corrected chi connectivity index (χ2v) is 12.1. The van der Waals surface area contributed by atoms with Crippen LogP contribution in [0.5, 0.6) is 0 Å². The van der Waals surface area contributed by atoms with E-state index >= 15 is 0 Å². The smallest absolute Gasteiger partial charge is 0.136 e. The molecule has 5 rings (SSSR count). The highest BCUT2D eigenvalue weighted by atomic mass is 16.5. The molecule has 1 N–H and O–H groups in total. The summed E-state index contributed by atoms with van der Waals surface area (Å²) in [4.78, 5) is 25.2. The van der Waals surface area contributed by atoms with Gasteiger partial charge in [-0.05, 0) is 92.8 Å². The molecule has 2 unspecified atom stereocenters. The van der Waals surface area contributed by atoms with Crippen molar-refractivity contribution in [3.8, 4) is 0 Å². The number of aliphatic hydroxyl groups is 1. The lowest BCUT2D eigenvalue weighted by Crippen LogP contribution is -2.57. The zero-order valence-electron chi connectivity index (χ0n) is 19.0. The summed E-state index contributed by atoms with van der Waals surface area (Å²) in [5.41, 5.74) is 0.484. The molecular weight excluding hydrogens is 376 g/mol. The largest absolute Gasteiger partial charge is 0.393 e. The molecular formula is C26H40O4. The Morgan fingerprint density at radius 2 is 1.87 bits per heavy atom. The number of Topliss-reactive ketones (excluding diaryl/α,β-unsaturated/α-hetero) is 1. The van der Waals surface area contributed by atoms with Gasteiger partial charge in [0.2, 0.25) is 0 Å². The molecule has 11 atom stereocenters. The number of rotatable bonds is 2. The lowest BCUT2D eigenvalue weighted by atomic mass is 9.43. The molecule has 1 aliphatic heterocycles. The fraction of sp³-hybridized carbons (Fsp3) is 0.923. The Labute approximate surface area is 181 Å². The van der Waals surface area contributed by atoms with Gasteiger partial charge in [0, 0.05) is 30.8 Å². The van der Waals surface area contributed by atoms with E-state index in [0.29, 0.717) is 54.3 Å². The van der Waals surface area contributed by atoms with Crippen molar-refractivity contribution in [1.82, 2.24) is 0 Å². The highest BCUT2D eigenvalue weighted by molar-refractivity contribution is 5.83. The Balaban J connectivity index is 1.45. The number of ether oxygens (including phenoxy) is 1. The molecule has 5 aliphatic rings. The highest BCUT2D eigenvalue weighted by Crippen LogP contribution is 2.67. The number of hydrogen-bond acceptors (Lipinski definition) is 4. The molecule has 0 spiro atoms. The van der Waals surface area contributed by atoms with Crippen molar-refractivity contribution in [2.24, 2.45) is 52.3 Å². The maximum Gasteiger partial charge on any atom is 0.136 e. The quantitative estimate of drug-likeness (QED) is 0.677. The van der Waals surface area contributed by atoms with Crippen molar-refractivity contribution in [3.05, 3.63) is 0 Å². The van der Waals surface area contributed by atoms with Crippen LogP contribution in [0.4, 0.5) is 0 Å². The first-order valence-electron chi connectivity index (χ1n) is 12.6. The second-order valence-electron chi connectivity index (χ2n) is 12.1. The van der Waals surface area contributed by atoms with Crippen LogP contribution in [0.3, 0.4) is 0 Å². The van der Waals surface area contributed by atoms with Crippen LogP contribution in [0.15, 0.2) is 0 Å². The van der Waals surface area contributed by atoms with Gasteiger partial charge in [0.05, 0.1) is 12.2 Å². The minimum atomic E-state index is -0.425. The highest BCUT2D eigenvalue weighted by Gasteiger charge is 2.62. The molecule has 30 heavy (non-hydrogen) atoms. The SMILES string of the molecule is CC1OCCC(O)[C@H]1[C@H]1C[C@@]2(C)[C@@H](CC[C@H]3[C@@H]4[C@@H](C=O)CC[C@@]4(C)CC[C@@H]32)CC1=O. The van der Waals surface area contributed by atoms with Crippen LogP contribution in [0.1, 0.15) is 78.6 Å². The molecule has 4 heteroatoms. The molecule has 4 aliphatic carbocycles. The number of carbonyl (C=O) groups excluding carboxylic acids is 2. The van der Waals surface area contributed by atoms with Crippen molar-refractivity contribution >= 4 is 12.1 Å². The normalized spacial score (nSPS) is 56.0. The molecule has 0 bridgehead atoms. The van der Waals surface area contributed by atoms with Crippen LogP contribution >= 0.6 is 0 Å². The van der Waals surface area contributed by atoms with Crippen molar-refractivity contribution in [2.45, 2.75) is 90.8 Å². The fourth-order valence-electron chi connectivity index (χ4n) is 9.39. The van der Waals surface area contributed by atoms with E-state index in [9.17, 15) is 14.7 Å². The average molecular weight is 417 g/mol. The number of fused-ring (bicyclic) bond motifs is 5. The Bertz CT molecular complexity index is 695. The van der Waals surface area contributed by atoms with E-state index in [1.807, 2.05) is 6.92 Å². The minimum absolute atomic E-state index is 0.0499. The molecule has 0 amide bonds. The van der Waals surface area contributed by atoms with Crippen LogP contribution in [-0.2, 0) is 14.3 Å². The van der Waals surface area contributed by atoms with Gasteiger partial charge in [-0.15, -0.1) is 0 Å². The van der Waals surface area contributed by atoms with Crippen molar-refractivity contribution in [2.75, 3.05) is 6.61 Å². The predicted octanol–water partition coefficient (Wildman–Crippen LogP) is 4.43. The number of aliphatic hydroxyl groups excluding tert-OH is 1. The van der Waals surface area contributed by atoms with E-state index in [2.05, 4.69) is 13.8 Å². The first-order valence-corrected chi connectivity index (χ1v) is 12.6. The van der Waals surface area contributed by atoms with E-state index in [1.54, 1.807) is 0 Å². The summed E-state index contributed by atoms with van der Waals surface area (Å²) in [6.07, 6.45) is 10.1. The van der Waals surface area contributed by atoms with E-state index in [-0.39, 0.29) is 29.3 Å². The van der Waals surface area contributed by atoms with Gasteiger partial charge in [0.25, 0.3) is 0 Å². The minimum Gasteiger partial charge on any atom is -0.393 e. The standard InChI is InChI=1S/C26H40O4/c1-15-23(21(28)8-11-30-15)19-13-26(3)17(12-22(19)29)4-5-18-20(26)7-10-25(2)9-6-16(14-27)24(18)25/h14-21,23-24,28H,4-13H2,1-3H3/t15?,16-,17+,18-,19+,20+,21?,23-,24+,25+,26+/m1/s1. The second kappa shape index (κ2) is 7.40. The average Bonchev–Trinajstić information content (AvgIpc) is 3.05. The van der Waals surface area contributed by atoms with Crippen LogP contribution in [0.25, 0.3) is 0 Å². The van der Waals surface area contributed by atoms with Gasteiger partial charge in [0.15, 0.2) is 0 Å². The monoisotopic (exact) mass is 416 g/mol. The predicted molar refractivity (Wildman–Crippen MR) is 115 cm³/mol. The lowest BCUT2D eigenvalue weighted by molar-refractivity contribution is -0.168. The molecule has 4 nitrogen and oxygen atoms in total. The summed E-state index contributed by atoms with van der Waals surface area (Å²) in [6.45, 7) is 7.54. The van der Waals surface area contributed by atoms with E-state index in [1.165, 1.54) is 32.0 Å².